The molecule has 0 aliphatic rings. The molecule has 0 fully saturated rings. The smallest absolute Gasteiger partial charge is 0.288 e. The molecule has 2 amide bonds. The quantitative estimate of drug-likeness (QED) is 0.284. The predicted molar refractivity (Wildman–Crippen MR) is 129 cm³/mol. The number of nitrogens with zero attached hydrogens (tertiary/aromatic N) is 3. The highest BCUT2D eigenvalue weighted by molar-refractivity contribution is 7.09. The lowest BCUT2D eigenvalue weighted by atomic mass is 10.1. The second-order valence-electron chi connectivity index (χ2n) is 7.91. The van der Waals surface area contributed by atoms with Gasteiger partial charge in [0.1, 0.15) is 17.4 Å². The maximum atomic E-state index is 13.4. The standard InChI is InChI=1S/C24H23ClFN3O4S/c1-16(2)28(24(31)18-7-10-21(25)22(12-18)29(32)33)15-23(30)27(14-20-4-3-11-34-20)13-17-5-8-19(26)9-6-17/h3-12,16H,13-15H2,1-2H3. The summed E-state index contributed by atoms with van der Waals surface area (Å²) in [6.07, 6.45) is 0. The van der Waals surface area contributed by atoms with Crippen LogP contribution in [0, 0.1) is 15.9 Å². The number of amides is 2. The molecule has 0 saturated carbocycles. The topological polar surface area (TPSA) is 83.8 Å². The number of nitro groups is 1. The van der Waals surface area contributed by atoms with Gasteiger partial charge >= 0.3 is 0 Å². The van der Waals surface area contributed by atoms with Gasteiger partial charge < -0.3 is 9.80 Å². The molecule has 1 aromatic heterocycles. The minimum atomic E-state index is -0.657. The first-order valence-corrected chi connectivity index (χ1v) is 11.7. The van der Waals surface area contributed by atoms with E-state index in [1.165, 1.54) is 40.5 Å². The molecule has 3 rings (SSSR count). The van der Waals surface area contributed by atoms with Gasteiger partial charge in [0.2, 0.25) is 5.91 Å². The van der Waals surface area contributed by atoms with E-state index in [-0.39, 0.29) is 47.1 Å². The van der Waals surface area contributed by atoms with E-state index in [1.807, 2.05) is 17.5 Å². The highest BCUT2D eigenvalue weighted by Gasteiger charge is 2.26. The average molecular weight is 504 g/mol. The summed E-state index contributed by atoms with van der Waals surface area (Å²) in [5.41, 5.74) is 0.446. The third kappa shape index (κ3) is 6.39. The molecule has 0 radical (unpaired) electrons. The number of benzene rings is 2. The zero-order valence-electron chi connectivity index (χ0n) is 18.6. The molecule has 178 valence electrons. The molecule has 34 heavy (non-hydrogen) atoms. The van der Waals surface area contributed by atoms with Crippen LogP contribution >= 0.6 is 22.9 Å². The van der Waals surface area contributed by atoms with Crippen LogP contribution in [-0.4, -0.2) is 39.1 Å². The molecule has 1 heterocycles. The highest BCUT2D eigenvalue weighted by atomic mass is 35.5. The Morgan fingerprint density at radius 1 is 1.12 bits per heavy atom. The minimum absolute atomic E-state index is 0.0703. The van der Waals surface area contributed by atoms with Crippen molar-refractivity contribution in [2.24, 2.45) is 0 Å². The number of carbonyl (C=O) groups excluding carboxylic acids is 2. The second-order valence-corrected chi connectivity index (χ2v) is 9.35. The lowest BCUT2D eigenvalue weighted by Gasteiger charge is -2.30. The van der Waals surface area contributed by atoms with Crippen molar-refractivity contribution in [3.05, 3.63) is 96.9 Å². The summed E-state index contributed by atoms with van der Waals surface area (Å²) in [6.45, 7) is 3.88. The number of nitro benzene ring substituents is 1. The lowest BCUT2D eigenvalue weighted by Crippen LogP contribution is -2.45. The first kappa shape index (κ1) is 25.3. The van der Waals surface area contributed by atoms with Gasteiger partial charge in [-0.25, -0.2) is 4.39 Å². The van der Waals surface area contributed by atoms with Gasteiger partial charge in [-0.1, -0.05) is 29.8 Å². The van der Waals surface area contributed by atoms with Crippen LogP contribution in [0.5, 0.6) is 0 Å². The summed E-state index contributed by atoms with van der Waals surface area (Å²) < 4.78 is 13.3. The average Bonchev–Trinajstić information content (AvgIpc) is 3.31. The van der Waals surface area contributed by atoms with E-state index < -0.39 is 10.8 Å². The number of thiophene rings is 1. The monoisotopic (exact) mass is 503 g/mol. The van der Waals surface area contributed by atoms with Gasteiger partial charge in [0.05, 0.1) is 11.5 Å². The molecule has 2 aromatic carbocycles. The van der Waals surface area contributed by atoms with Crippen LogP contribution in [0.3, 0.4) is 0 Å². The molecule has 7 nitrogen and oxygen atoms in total. The third-order valence-corrected chi connectivity index (χ3v) is 6.33. The SMILES string of the molecule is CC(C)N(CC(=O)N(Cc1ccc(F)cc1)Cc1cccs1)C(=O)c1ccc(Cl)c([N+](=O)[O-])c1. The third-order valence-electron chi connectivity index (χ3n) is 5.15. The van der Waals surface area contributed by atoms with Gasteiger partial charge in [0, 0.05) is 29.1 Å². The van der Waals surface area contributed by atoms with E-state index in [4.69, 9.17) is 11.6 Å². The molecular weight excluding hydrogens is 481 g/mol. The maximum Gasteiger partial charge on any atom is 0.288 e. The van der Waals surface area contributed by atoms with E-state index >= 15 is 0 Å². The fraction of sp³-hybridized carbons (Fsp3) is 0.250. The predicted octanol–water partition coefficient (Wildman–Crippen LogP) is 5.53. The molecule has 0 saturated heterocycles. The Labute approximate surface area is 205 Å². The molecule has 0 bridgehead atoms. The summed E-state index contributed by atoms with van der Waals surface area (Å²) in [5.74, 6) is -1.18. The summed E-state index contributed by atoms with van der Waals surface area (Å²) >= 11 is 7.37. The van der Waals surface area contributed by atoms with Crippen LogP contribution in [0.25, 0.3) is 0 Å². The molecule has 0 unspecified atom stereocenters. The largest absolute Gasteiger partial charge is 0.332 e. The van der Waals surface area contributed by atoms with Gasteiger partial charge in [0.15, 0.2) is 0 Å². The van der Waals surface area contributed by atoms with Crippen molar-refractivity contribution >= 4 is 40.4 Å². The Hall–Kier alpha value is -3.30. The molecule has 10 heteroatoms. The van der Waals surface area contributed by atoms with Crippen molar-refractivity contribution in [2.75, 3.05) is 6.54 Å². The molecule has 0 atom stereocenters. The molecular formula is C24H23ClFN3O4S. The van der Waals surface area contributed by atoms with Gasteiger partial charge in [-0.15, -0.1) is 11.3 Å². The Morgan fingerprint density at radius 2 is 1.82 bits per heavy atom. The number of hydrogen-bond acceptors (Lipinski definition) is 5. The van der Waals surface area contributed by atoms with Crippen molar-refractivity contribution in [2.45, 2.75) is 33.0 Å². The lowest BCUT2D eigenvalue weighted by molar-refractivity contribution is -0.384. The van der Waals surface area contributed by atoms with E-state index in [1.54, 1.807) is 30.9 Å². The maximum absolute atomic E-state index is 13.4. The van der Waals surface area contributed by atoms with Gasteiger partial charge in [0.25, 0.3) is 11.6 Å². The fourth-order valence-electron chi connectivity index (χ4n) is 3.32. The summed E-state index contributed by atoms with van der Waals surface area (Å²) in [6, 6.07) is 13.2. The van der Waals surface area contributed by atoms with Gasteiger partial charge in [-0.3, -0.25) is 19.7 Å². The zero-order chi connectivity index (χ0) is 24.8. The molecule has 3 aromatic rings. The Morgan fingerprint density at radius 3 is 2.41 bits per heavy atom. The normalized spacial score (nSPS) is 10.9. The van der Waals surface area contributed by atoms with Crippen molar-refractivity contribution in [3.63, 3.8) is 0 Å². The second kappa shape index (κ2) is 11.2. The number of hydrogen-bond donors (Lipinski definition) is 0. The molecule has 0 aliphatic carbocycles. The van der Waals surface area contributed by atoms with Crippen LogP contribution in [0.1, 0.15) is 34.6 Å². The Kier molecular flexibility index (Phi) is 8.36. The van der Waals surface area contributed by atoms with E-state index in [0.717, 1.165) is 16.5 Å². The van der Waals surface area contributed by atoms with Crippen LogP contribution in [0.15, 0.2) is 60.0 Å². The first-order valence-electron chi connectivity index (χ1n) is 10.4. The van der Waals surface area contributed by atoms with Crippen molar-refractivity contribution in [1.29, 1.82) is 0 Å². The van der Waals surface area contributed by atoms with Crippen LogP contribution < -0.4 is 0 Å². The first-order chi connectivity index (χ1) is 16.2. The Bertz CT molecular complexity index is 1170. The van der Waals surface area contributed by atoms with E-state index in [9.17, 15) is 24.1 Å². The summed E-state index contributed by atoms with van der Waals surface area (Å²) in [5, 5.41) is 13.1. The zero-order valence-corrected chi connectivity index (χ0v) is 20.2. The highest BCUT2D eigenvalue weighted by Crippen LogP contribution is 2.26. The number of rotatable bonds is 9. The fourth-order valence-corrected chi connectivity index (χ4v) is 4.23. The van der Waals surface area contributed by atoms with Crippen molar-refractivity contribution in [3.8, 4) is 0 Å². The van der Waals surface area contributed by atoms with Crippen LogP contribution in [-0.2, 0) is 17.9 Å². The summed E-state index contributed by atoms with van der Waals surface area (Å²) in [7, 11) is 0. The molecule has 0 spiro atoms. The Balaban J connectivity index is 1.84. The molecule has 0 aliphatic heterocycles. The summed E-state index contributed by atoms with van der Waals surface area (Å²) in [4.78, 5) is 41.0. The minimum Gasteiger partial charge on any atom is -0.332 e. The van der Waals surface area contributed by atoms with Crippen LogP contribution in [0.4, 0.5) is 10.1 Å². The number of halogens is 2. The molecule has 0 N–H and O–H groups in total. The van der Waals surface area contributed by atoms with Gasteiger partial charge in [-0.05, 0) is 55.1 Å². The van der Waals surface area contributed by atoms with E-state index in [2.05, 4.69) is 0 Å². The van der Waals surface area contributed by atoms with Gasteiger partial charge in [-0.2, -0.15) is 0 Å². The van der Waals surface area contributed by atoms with E-state index in [0.29, 0.717) is 6.54 Å². The number of carbonyl (C=O) groups is 2. The van der Waals surface area contributed by atoms with Crippen LogP contribution in [0.2, 0.25) is 5.02 Å². The van der Waals surface area contributed by atoms with Crippen molar-refractivity contribution < 1.29 is 18.9 Å². The van der Waals surface area contributed by atoms with Crippen molar-refractivity contribution in [1.82, 2.24) is 9.80 Å².